The smallest absolute Gasteiger partial charge is 0.274 e. The summed E-state index contributed by atoms with van der Waals surface area (Å²) < 4.78 is 0. The van der Waals surface area contributed by atoms with Gasteiger partial charge in [0.1, 0.15) is 5.69 Å². The Morgan fingerprint density at radius 1 is 1.04 bits per heavy atom. The normalized spacial score (nSPS) is 11.7. The first-order chi connectivity index (χ1) is 12.5. The molecule has 138 valence electrons. The molecule has 0 saturated carbocycles. The number of rotatable bonds is 7. The predicted octanol–water partition coefficient (Wildman–Crippen LogP) is 3.99. The second-order valence-corrected chi connectivity index (χ2v) is 6.33. The molecule has 2 rings (SSSR count). The number of hydrogen-bond donors (Lipinski definition) is 2. The monoisotopic (exact) mass is 353 g/mol. The van der Waals surface area contributed by atoms with Crippen LogP contribution < -0.4 is 10.6 Å². The van der Waals surface area contributed by atoms with Crippen LogP contribution in [0.25, 0.3) is 0 Å². The summed E-state index contributed by atoms with van der Waals surface area (Å²) in [6, 6.07) is 9.26. The van der Waals surface area contributed by atoms with E-state index in [-0.39, 0.29) is 23.6 Å². The van der Waals surface area contributed by atoms with Crippen LogP contribution in [0.2, 0.25) is 0 Å². The van der Waals surface area contributed by atoms with Gasteiger partial charge in [-0.25, -0.2) is 0 Å². The molecule has 2 aromatic rings. The molecule has 0 spiro atoms. The molecule has 1 aromatic heterocycles. The topological polar surface area (TPSA) is 71.1 Å². The summed E-state index contributed by atoms with van der Waals surface area (Å²) in [4.78, 5) is 29.1. The summed E-state index contributed by atoms with van der Waals surface area (Å²) in [7, 11) is 0. The lowest BCUT2D eigenvalue weighted by Crippen LogP contribution is -2.32. The van der Waals surface area contributed by atoms with Gasteiger partial charge in [-0.3, -0.25) is 14.6 Å². The molecule has 0 aliphatic heterocycles. The van der Waals surface area contributed by atoms with E-state index in [1.54, 1.807) is 6.07 Å². The first-order valence-corrected chi connectivity index (χ1v) is 9.19. The molecule has 2 N–H and O–H groups in total. The van der Waals surface area contributed by atoms with Crippen LogP contribution in [0.15, 0.2) is 36.5 Å². The lowest BCUT2D eigenvalue weighted by Gasteiger charge is -2.15. The van der Waals surface area contributed by atoms with E-state index in [0.717, 1.165) is 36.1 Å². The number of aryl methyl sites for hydroxylation is 2. The number of nitrogens with one attached hydrogen (secondary N) is 2. The predicted molar refractivity (Wildman–Crippen MR) is 105 cm³/mol. The molecule has 26 heavy (non-hydrogen) atoms. The largest absolute Gasteiger partial charge is 0.350 e. The minimum atomic E-state index is -0.307. The van der Waals surface area contributed by atoms with E-state index in [9.17, 15) is 9.59 Å². The van der Waals surface area contributed by atoms with Gasteiger partial charge < -0.3 is 10.6 Å². The van der Waals surface area contributed by atoms with Crippen molar-refractivity contribution in [2.45, 2.75) is 53.0 Å². The van der Waals surface area contributed by atoms with E-state index in [1.165, 1.54) is 12.3 Å². The van der Waals surface area contributed by atoms with Crippen molar-refractivity contribution in [3.63, 3.8) is 0 Å². The zero-order chi connectivity index (χ0) is 19.1. The minimum Gasteiger partial charge on any atom is -0.350 e. The highest BCUT2D eigenvalue weighted by atomic mass is 16.2. The number of aromatic nitrogens is 1. The second-order valence-electron chi connectivity index (χ2n) is 6.33. The Morgan fingerprint density at radius 3 is 2.27 bits per heavy atom. The van der Waals surface area contributed by atoms with E-state index in [1.807, 2.05) is 32.0 Å². The third-order valence-corrected chi connectivity index (χ3v) is 4.48. The van der Waals surface area contributed by atoms with Gasteiger partial charge in [0.25, 0.3) is 11.8 Å². The number of para-hydroxylation sites is 1. The Balaban J connectivity index is 2.24. The number of hydrogen-bond acceptors (Lipinski definition) is 3. The van der Waals surface area contributed by atoms with Gasteiger partial charge in [-0.1, -0.05) is 39.0 Å². The third kappa shape index (κ3) is 4.69. The van der Waals surface area contributed by atoms with Gasteiger partial charge in [0.05, 0.1) is 0 Å². The van der Waals surface area contributed by atoms with Crippen molar-refractivity contribution >= 4 is 17.5 Å². The van der Waals surface area contributed by atoms with Gasteiger partial charge in [0.15, 0.2) is 0 Å². The zero-order valence-electron chi connectivity index (χ0n) is 15.9. The van der Waals surface area contributed by atoms with Crippen LogP contribution in [0.5, 0.6) is 0 Å². The Labute approximate surface area is 155 Å². The SMILES string of the molecule is CCc1cccc(CC)c1NC(=O)c1cc(C(=O)NC(C)CC)ccn1. The van der Waals surface area contributed by atoms with Crippen molar-refractivity contribution in [1.29, 1.82) is 0 Å². The van der Waals surface area contributed by atoms with E-state index in [4.69, 9.17) is 0 Å². The number of pyridine rings is 1. The van der Waals surface area contributed by atoms with Crippen LogP contribution in [0, 0.1) is 0 Å². The quantitative estimate of drug-likeness (QED) is 0.791. The van der Waals surface area contributed by atoms with E-state index >= 15 is 0 Å². The van der Waals surface area contributed by atoms with E-state index in [2.05, 4.69) is 29.5 Å². The number of carbonyl (C=O) groups is 2. The highest BCUT2D eigenvalue weighted by Crippen LogP contribution is 2.23. The molecule has 1 unspecified atom stereocenters. The molecule has 0 fully saturated rings. The Kier molecular flexibility index (Phi) is 6.89. The Morgan fingerprint density at radius 2 is 1.69 bits per heavy atom. The summed E-state index contributed by atoms with van der Waals surface area (Å²) in [5.74, 6) is -0.502. The van der Waals surface area contributed by atoms with Gasteiger partial charge in [-0.2, -0.15) is 0 Å². The maximum absolute atomic E-state index is 12.7. The molecule has 0 aliphatic rings. The average molecular weight is 353 g/mol. The third-order valence-electron chi connectivity index (χ3n) is 4.48. The fraction of sp³-hybridized carbons (Fsp3) is 0.381. The van der Waals surface area contributed by atoms with Gasteiger partial charge in [-0.05, 0) is 49.4 Å². The first-order valence-electron chi connectivity index (χ1n) is 9.19. The van der Waals surface area contributed by atoms with Crippen molar-refractivity contribution in [2.75, 3.05) is 5.32 Å². The van der Waals surface area contributed by atoms with Crippen LogP contribution in [-0.2, 0) is 12.8 Å². The first kappa shape index (κ1) is 19.6. The zero-order valence-corrected chi connectivity index (χ0v) is 15.9. The average Bonchev–Trinajstić information content (AvgIpc) is 2.67. The van der Waals surface area contributed by atoms with Gasteiger partial charge >= 0.3 is 0 Å². The second kappa shape index (κ2) is 9.13. The van der Waals surface area contributed by atoms with Crippen molar-refractivity contribution < 1.29 is 9.59 Å². The maximum Gasteiger partial charge on any atom is 0.274 e. The summed E-state index contributed by atoms with van der Waals surface area (Å²) >= 11 is 0. The summed E-state index contributed by atoms with van der Waals surface area (Å²) in [6.45, 7) is 8.07. The number of carbonyl (C=O) groups excluding carboxylic acids is 2. The maximum atomic E-state index is 12.7. The lowest BCUT2D eigenvalue weighted by molar-refractivity contribution is 0.0939. The highest BCUT2D eigenvalue weighted by molar-refractivity contribution is 6.05. The lowest BCUT2D eigenvalue weighted by atomic mass is 10.0. The van der Waals surface area contributed by atoms with Gasteiger partial charge in [-0.15, -0.1) is 0 Å². The Hall–Kier alpha value is -2.69. The van der Waals surface area contributed by atoms with Crippen molar-refractivity contribution in [3.8, 4) is 0 Å². The standard InChI is InChI=1S/C21H27N3O2/c1-5-14(4)23-20(25)17-11-12-22-18(13-17)21(26)24-19-15(6-2)9-8-10-16(19)7-3/h8-14H,5-7H2,1-4H3,(H,23,25)(H,24,26). The fourth-order valence-electron chi connectivity index (χ4n) is 2.69. The molecule has 2 amide bonds. The minimum absolute atomic E-state index is 0.0801. The van der Waals surface area contributed by atoms with Crippen LogP contribution in [-0.4, -0.2) is 22.8 Å². The van der Waals surface area contributed by atoms with Gasteiger partial charge in [0.2, 0.25) is 0 Å². The number of amides is 2. The number of nitrogens with zero attached hydrogens (tertiary/aromatic N) is 1. The molecular weight excluding hydrogens is 326 g/mol. The van der Waals surface area contributed by atoms with Crippen LogP contribution in [0.1, 0.15) is 66.1 Å². The summed E-state index contributed by atoms with van der Waals surface area (Å²) in [6.07, 6.45) is 3.99. The molecule has 5 nitrogen and oxygen atoms in total. The van der Waals surface area contributed by atoms with Crippen LogP contribution in [0.3, 0.4) is 0 Å². The number of benzene rings is 1. The van der Waals surface area contributed by atoms with Crippen LogP contribution in [0.4, 0.5) is 5.69 Å². The fourth-order valence-corrected chi connectivity index (χ4v) is 2.69. The molecule has 0 radical (unpaired) electrons. The summed E-state index contributed by atoms with van der Waals surface area (Å²) in [5.41, 5.74) is 3.69. The van der Waals surface area contributed by atoms with Crippen molar-refractivity contribution in [2.24, 2.45) is 0 Å². The molecule has 0 saturated heterocycles. The molecule has 1 atom stereocenters. The summed E-state index contributed by atoms with van der Waals surface area (Å²) in [5, 5.41) is 5.88. The molecule has 5 heteroatoms. The highest BCUT2D eigenvalue weighted by Gasteiger charge is 2.15. The molecule has 1 heterocycles. The van der Waals surface area contributed by atoms with Crippen molar-refractivity contribution in [3.05, 3.63) is 58.9 Å². The molecular formula is C21H27N3O2. The molecule has 0 aliphatic carbocycles. The Bertz CT molecular complexity index is 764. The molecule has 0 bridgehead atoms. The van der Waals surface area contributed by atoms with Gasteiger partial charge in [0, 0.05) is 23.5 Å². The molecule has 1 aromatic carbocycles. The number of anilines is 1. The van der Waals surface area contributed by atoms with E-state index in [0.29, 0.717) is 5.56 Å². The van der Waals surface area contributed by atoms with E-state index < -0.39 is 0 Å². The van der Waals surface area contributed by atoms with Crippen molar-refractivity contribution in [1.82, 2.24) is 10.3 Å². The van der Waals surface area contributed by atoms with Crippen LogP contribution >= 0.6 is 0 Å².